The van der Waals surface area contributed by atoms with Crippen molar-refractivity contribution in [2.45, 2.75) is 44.8 Å². The minimum absolute atomic E-state index is 0.254. The Balaban J connectivity index is 2.77. The maximum absolute atomic E-state index is 11.7. The van der Waals surface area contributed by atoms with Gasteiger partial charge in [-0.2, -0.15) is 0 Å². The van der Waals surface area contributed by atoms with Crippen LogP contribution in [0.5, 0.6) is 0 Å². The number of sulfonamides is 1. The van der Waals surface area contributed by atoms with Crippen LogP contribution >= 0.6 is 11.5 Å². The molecule has 0 aliphatic heterocycles. The van der Waals surface area contributed by atoms with E-state index in [4.69, 9.17) is 5.14 Å². The van der Waals surface area contributed by atoms with E-state index in [1.165, 1.54) is 4.57 Å². The quantitative estimate of drug-likeness (QED) is 0.893. The summed E-state index contributed by atoms with van der Waals surface area (Å²) >= 11 is 1.16. The van der Waals surface area contributed by atoms with E-state index in [0.29, 0.717) is 17.1 Å². The predicted molar refractivity (Wildman–Crippen MR) is 74.7 cm³/mol. The molecule has 0 spiro atoms. The standard InChI is InChI=1S/C10H16N6O2S2/c1-5-6-7(19-15-12-6)8-13-14-9(20(11,17)18)16(8)10(2,3)4/h5H2,1-4H3,(H2,11,17,18). The van der Waals surface area contributed by atoms with Gasteiger partial charge in [0.1, 0.15) is 4.88 Å². The first-order valence-electron chi connectivity index (χ1n) is 5.96. The van der Waals surface area contributed by atoms with Crippen LogP contribution in [0.3, 0.4) is 0 Å². The number of hydrogen-bond acceptors (Lipinski definition) is 7. The monoisotopic (exact) mass is 316 g/mol. The van der Waals surface area contributed by atoms with Gasteiger partial charge in [0.05, 0.1) is 5.69 Å². The predicted octanol–water partition coefficient (Wildman–Crippen LogP) is 0.761. The van der Waals surface area contributed by atoms with Gasteiger partial charge in [0, 0.05) is 5.54 Å². The first-order valence-corrected chi connectivity index (χ1v) is 8.28. The van der Waals surface area contributed by atoms with E-state index >= 15 is 0 Å². The molecule has 8 nitrogen and oxygen atoms in total. The maximum atomic E-state index is 11.7. The van der Waals surface area contributed by atoms with Crippen molar-refractivity contribution in [2.75, 3.05) is 0 Å². The molecule has 0 amide bonds. The van der Waals surface area contributed by atoms with Crippen molar-refractivity contribution in [2.24, 2.45) is 5.14 Å². The third kappa shape index (κ3) is 2.58. The zero-order valence-electron chi connectivity index (χ0n) is 11.7. The zero-order chi connectivity index (χ0) is 15.1. The van der Waals surface area contributed by atoms with Crippen molar-refractivity contribution in [1.82, 2.24) is 24.4 Å². The number of aromatic nitrogens is 5. The number of nitrogens with two attached hydrogens (primary N) is 1. The van der Waals surface area contributed by atoms with Crippen molar-refractivity contribution >= 4 is 21.6 Å². The van der Waals surface area contributed by atoms with Crippen molar-refractivity contribution in [3.63, 3.8) is 0 Å². The Hall–Kier alpha value is -1.39. The van der Waals surface area contributed by atoms with Gasteiger partial charge in [0.2, 0.25) is 0 Å². The molecule has 0 saturated heterocycles. The molecule has 0 saturated carbocycles. The van der Waals surface area contributed by atoms with Crippen LogP contribution in [-0.2, 0) is 22.0 Å². The van der Waals surface area contributed by atoms with Crippen LogP contribution in [0.25, 0.3) is 10.7 Å². The molecule has 2 aromatic rings. The number of nitrogens with zero attached hydrogens (tertiary/aromatic N) is 5. The van der Waals surface area contributed by atoms with E-state index in [9.17, 15) is 8.42 Å². The van der Waals surface area contributed by atoms with E-state index in [1.807, 2.05) is 27.7 Å². The molecular formula is C10H16N6O2S2. The van der Waals surface area contributed by atoms with E-state index in [-0.39, 0.29) is 5.16 Å². The summed E-state index contributed by atoms with van der Waals surface area (Å²) in [5, 5.41) is 16.7. The summed E-state index contributed by atoms with van der Waals surface area (Å²) in [6, 6.07) is 0. The van der Waals surface area contributed by atoms with E-state index in [2.05, 4.69) is 19.8 Å². The van der Waals surface area contributed by atoms with Gasteiger partial charge in [-0.3, -0.25) is 4.57 Å². The molecule has 110 valence electrons. The van der Waals surface area contributed by atoms with Gasteiger partial charge in [-0.1, -0.05) is 11.4 Å². The number of hydrogen-bond donors (Lipinski definition) is 1. The topological polar surface area (TPSA) is 117 Å². The van der Waals surface area contributed by atoms with Gasteiger partial charge in [0.15, 0.2) is 5.82 Å². The van der Waals surface area contributed by atoms with Crippen molar-refractivity contribution in [1.29, 1.82) is 0 Å². The lowest BCUT2D eigenvalue weighted by Gasteiger charge is -2.23. The third-order valence-corrected chi connectivity index (χ3v) is 4.19. The summed E-state index contributed by atoms with van der Waals surface area (Å²) in [7, 11) is -3.95. The highest BCUT2D eigenvalue weighted by Crippen LogP contribution is 2.31. The Bertz CT molecular complexity index is 725. The van der Waals surface area contributed by atoms with Crippen LogP contribution in [0.1, 0.15) is 33.4 Å². The molecule has 20 heavy (non-hydrogen) atoms. The highest BCUT2D eigenvalue weighted by atomic mass is 32.2. The van der Waals surface area contributed by atoms with E-state index in [0.717, 1.165) is 17.2 Å². The zero-order valence-corrected chi connectivity index (χ0v) is 13.3. The molecule has 2 N–H and O–H groups in total. The molecule has 0 radical (unpaired) electrons. The minimum atomic E-state index is -3.95. The lowest BCUT2D eigenvalue weighted by Crippen LogP contribution is -2.29. The minimum Gasteiger partial charge on any atom is -0.291 e. The fourth-order valence-electron chi connectivity index (χ4n) is 1.82. The largest absolute Gasteiger partial charge is 0.291 e. The smallest absolute Gasteiger partial charge is 0.273 e. The van der Waals surface area contributed by atoms with Gasteiger partial charge in [0.25, 0.3) is 15.2 Å². The Morgan fingerprint density at radius 1 is 1.25 bits per heavy atom. The Labute approximate surface area is 121 Å². The summed E-state index contributed by atoms with van der Waals surface area (Å²) in [4.78, 5) is 0.713. The van der Waals surface area contributed by atoms with E-state index < -0.39 is 15.6 Å². The molecular weight excluding hydrogens is 300 g/mol. The van der Waals surface area contributed by atoms with Crippen molar-refractivity contribution in [3.8, 4) is 10.7 Å². The van der Waals surface area contributed by atoms with E-state index in [1.54, 1.807) is 0 Å². The maximum Gasteiger partial charge on any atom is 0.273 e. The van der Waals surface area contributed by atoms with Crippen LogP contribution in [0.15, 0.2) is 5.16 Å². The number of primary sulfonamides is 1. The molecule has 2 heterocycles. The summed E-state index contributed by atoms with van der Waals surface area (Å²) in [6.45, 7) is 7.51. The lowest BCUT2D eigenvalue weighted by molar-refractivity contribution is 0.366. The molecule has 0 aliphatic rings. The molecule has 0 aromatic carbocycles. The molecule has 0 atom stereocenters. The Morgan fingerprint density at radius 2 is 1.90 bits per heavy atom. The number of aryl methyl sites for hydroxylation is 1. The van der Waals surface area contributed by atoms with Crippen molar-refractivity contribution < 1.29 is 8.42 Å². The molecule has 0 aliphatic carbocycles. The molecule has 2 aromatic heterocycles. The average Bonchev–Trinajstić information content (AvgIpc) is 2.92. The summed E-state index contributed by atoms with van der Waals surface area (Å²) in [6.07, 6.45) is 0.674. The number of rotatable bonds is 3. The highest BCUT2D eigenvalue weighted by Gasteiger charge is 2.31. The first kappa shape index (κ1) is 15.0. The Morgan fingerprint density at radius 3 is 2.40 bits per heavy atom. The summed E-state index contributed by atoms with van der Waals surface area (Å²) in [5.41, 5.74) is 0.212. The third-order valence-electron chi connectivity index (χ3n) is 2.65. The lowest BCUT2D eigenvalue weighted by atomic mass is 10.1. The SMILES string of the molecule is CCc1nnsc1-c1nnc(S(N)(=O)=O)n1C(C)(C)C. The van der Waals surface area contributed by atoms with Crippen LogP contribution in [0.4, 0.5) is 0 Å². The fourth-order valence-corrected chi connectivity index (χ4v) is 3.31. The van der Waals surface area contributed by atoms with Gasteiger partial charge >= 0.3 is 0 Å². The van der Waals surface area contributed by atoms with Crippen LogP contribution in [0.2, 0.25) is 0 Å². The van der Waals surface area contributed by atoms with Gasteiger partial charge in [-0.25, -0.2) is 13.6 Å². The summed E-state index contributed by atoms with van der Waals surface area (Å²) in [5.74, 6) is 0.424. The average molecular weight is 316 g/mol. The second-order valence-electron chi connectivity index (χ2n) is 5.26. The molecule has 10 heteroatoms. The molecule has 0 unspecified atom stereocenters. The molecule has 2 rings (SSSR count). The van der Waals surface area contributed by atoms with Crippen molar-refractivity contribution in [3.05, 3.63) is 5.69 Å². The highest BCUT2D eigenvalue weighted by molar-refractivity contribution is 7.89. The molecule has 0 fully saturated rings. The Kier molecular flexibility index (Phi) is 3.65. The first-order chi connectivity index (χ1) is 9.16. The fraction of sp³-hybridized carbons (Fsp3) is 0.600. The second kappa shape index (κ2) is 4.86. The van der Waals surface area contributed by atoms with Crippen LogP contribution in [0, 0.1) is 0 Å². The second-order valence-corrected chi connectivity index (χ2v) is 7.47. The van der Waals surface area contributed by atoms with Gasteiger partial charge < -0.3 is 0 Å². The van der Waals surface area contributed by atoms with Gasteiger partial charge in [-0.15, -0.1) is 15.3 Å². The van der Waals surface area contributed by atoms with Crippen LogP contribution < -0.4 is 5.14 Å². The normalized spacial score (nSPS) is 12.8. The summed E-state index contributed by atoms with van der Waals surface area (Å²) < 4.78 is 28.7. The molecule has 0 bridgehead atoms. The van der Waals surface area contributed by atoms with Crippen LogP contribution in [-0.4, -0.2) is 32.8 Å². The van der Waals surface area contributed by atoms with Gasteiger partial charge in [-0.05, 0) is 38.7 Å².